The van der Waals surface area contributed by atoms with E-state index in [0.29, 0.717) is 37.6 Å². The van der Waals surface area contributed by atoms with E-state index in [0.717, 1.165) is 58.9 Å². The summed E-state index contributed by atoms with van der Waals surface area (Å²) in [4.78, 5) is 15.1. The van der Waals surface area contributed by atoms with Gasteiger partial charge in [-0.15, -0.1) is 0 Å². The molecule has 0 aliphatic carbocycles. The fourth-order valence-electron chi connectivity index (χ4n) is 5.16. The fraction of sp³-hybridized carbons (Fsp3) is 0.333. The number of carbonyl (C=O) groups excluding carboxylic acids is 1. The summed E-state index contributed by atoms with van der Waals surface area (Å²) in [6.45, 7) is 5.01. The van der Waals surface area contributed by atoms with Crippen LogP contribution in [0.25, 0.3) is 11.8 Å². The predicted octanol–water partition coefficient (Wildman–Crippen LogP) is 0.0448. The van der Waals surface area contributed by atoms with Crippen LogP contribution >= 0.6 is 0 Å². The van der Waals surface area contributed by atoms with E-state index < -0.39 is 26.9 Å². The van der Waals surface area contributed by atoms with Crippen molar-refractivity contribution in [2.45, 2.75) is 38.2 Å². The van der Waals surface area contributed by atoms with Crippen molar-refractivity contribution in [2.75, 3.05) is 31.1 Å². The Morgan fingerprint density at radius 3 is 2.92 bits per heavy atom. The van der Waals surface area contributed by atoms with Gasteiger partial charge in [-0.3, -0.25) is 0 Å². The average Bonchev–Trinajstić information content (AvgIpc) is 3.17. The fourth-order valence-corrected chi connectivity index (χ4v) is 6.79. The second-order valence-electron chi connectivity index (χ2n) is 10.5. The van der Waals surface area contributed by atoms with E-state index in [4.69, 9.17) is 7.94 Å². The number of nitriles is 1. The molecular formula is C30H29FIN6O2-. The van der Waals surface area contributed by atoms with Crippen LogP contribution in [0.4, 0.5) is 10.2 Å². The molecule has 6 rings (SSSR count). The van der Waals surface area contributed by atoms with Gasteiger partial charge in [0.05, 0.1) is 0 Å². The summed E-state index contributed by atoms with van der Waals surface area (Å²) in [5.41, 5.74) is 3.40. The zero-order chi connectivity index (χ0) is 27.7. The van der Waals surface area contributed by atoms with Crippen molar-refractivity contribution >= 4 is 17.8 Å². The van der Waals surface area contributed by atoms with Gasteiger partial charge >= 0.3 is 243 Å². The molecule has 4 heterocycles. The summed E-state index contributed by atoms with van der Waals surface area (Å²) < 4.78 is 28.7. The molecular weight excluding hydrogens is 622 g/mol. The van der Waals surface area contributed by atoms with Gasteiger partial charge in [-0.2, -0.15) is 0 Å². The number of ether oxygens (including phenoxy) is 1. The van der Waals surface area contributed by atoms with Crippen molar-refractivity contribution in [1.82, 2.24) is 15.1 Å². The molecule has 1 atom stereocenters. The van der Waals surface area contributed by atoms with Gasteiger partial charge in [-0.25, -0.2) is 0 Å². The van der Waals surface area contributed by atoms with Crippen LogP contribution in [0.2, 0.25) is 0 Å². The Balaban J connectivity index is 1.21. The van der Waals surface area contributed by atoms with Crippen molar-refractivity contribution < 1.29 is 35.4 Å². The van der Waals surface area contributed by atoms with Crippen LogP contribution in [0.1, 0.15) is 47.7 Å². The van der Waals surface area contributed by atoms with Crippen molar-refractivity contribution in [3.05, 3.63) is 85.3 Å². The third-order valence-electron chi connectivity index (χ3n) is 7.64. The zero-order valence-corrected chi connectivity index (χ0v) is 24.3. The van der Waals surface area contributed by atoms with Gasteiger partial charge in [0.1, 0.15) is 0 Å². The summed E-state index contributed by atoms with van der Waals surface area (Å²) in [6.07, 6.45) is 5.98. The number of benzene rings is 2. The number of hydrogen-bond donors (Lipinski definition) is 1. The van der Waals surface area contributed by atoms with E-state index in [1.54, 1.807) is 10.7 Å². The molecule has 0 radical (unpaired) electrons. The van der Waals surface area contributed by atoms with E-state index in [-0.39, 0.29) is 11.7 Å². The summed E-state index contributed by atoms with van der Waals surface area (Å²) in [6, 6.07) is 13.8. The Kier molecular flexibility index (Phi) is 7.42. The molecule has 1 N–H and O–H groups in total. The third kappa shape index (κ3) is 5.28. The molecule has 206 valence electrons. The van der Waals surface area contributed by atoms with Crippen LogP contribution in [0.15, 0.2) is 55.5 Å². The number of carbonyl (C=O) groups is 1. The first kappa shape index (κ1) is 26.7. The van der Waals surface area contributed by atoms with Crippen molar-refractivity contribution in [3.63, 3.8) is 0 Å². The molecule has 0 spiro atoms. The van der Waals surface area contributed by atoms with Gasteiger partial charge in [-0.05, 0) is 0 Å². The topological polar surface area (TPSA) is 95.5 Å². The van der Waals surface area contributed by atoms with Gasteiger partial charge in [0.25, 0.3) is 0 Å². The summed E-state index contributed by atoms with van der Waals surface area (Å²) in [5.74, 6) is -0.132. The average molecular weight is 652 g/mol. The molecule has 10 heteroatoms. The first-order chi connectivity index (χ1) is 19.4. The Labute approximate surface area is 242 Å². The van der Waals surface area contributed by atoms with Crippen LogP contribution in [-0.4, -0.2) is 41.9 Å². The number of amides is 1. The molecule has 0 saturated carbocycles. The van der Waals surface area contributed by atoms with Gasteiger partial charge < -0.3 is 0 Å². The Hall–Kier alpha value is -3.56. The normalized spacial score (nSPS) is 20.3. The van der Waals surface area contributed by atoms with Crippen molar-refractivity contribution in [1.29, 1.82) is 5.26 Å². The van der Waals surface area contributed by atoms with Crippen molar-refractivity contribution in [2.24, 2.45) is 3.21 Å². The van der Waals surface area contributed by atoms with Gasteiger partial charge in [-0.1, -0.05) is 0 Å². The second-order valence-corrected chi connectivity index (χ2v) is 12.2. The second kappa shape index (κ2) is 11.1. The number of rotatable bonds is 5. The zero-order valence-electron chi connectivity index (χ0n) is 22.2. The van der Waals surface area contributed by atoms with Crippen LogP contribution in [0.3, 0.4) is 0 Å². The van der Waals surface area contributed by atoms with E-state index in [9.17, 15) is 14.4 Å². The van der Waals surface area contributed by atoms with Crippen LogP contribution in [0.5, 0.6) is 0 Å². The van der Waals surface area contributed by atoms with Gasteiger partial charge in [0.2, 0.25) is 0 Å². The number of nitrogens with zero attached hydrogens (tertiary/aromatic N) is 5. The van der Waals surface area contributed by atoms with Crippen LogP contribution in [0, 0.1) is 17.1 Å². The van der Waals surface area contributed by atoms with E-state index in [1.807, 2.05) is 48.2 Å². The summed E-state index contributed by atoms with van der Waals surface area (Å²) in [7, 11) is 0. The van der Waals surface area contributed by atoms with E-state index >= 15 is 0 Å². The number of hydrogen-bond acceptors (Lipinski definition) is 6. The molecule has 3 aliphatic rings. The molecule has 3 aliphatic heterocycles. The number of anilines is 1. The molecule has 1 saturated heterocycles. The Morgan fingerprint density at radius 1 is 1.25 bits per heavy atom. The SMILES string of the molecule is C[C@@]1(C#N)CCCOCc2ccc(C(=O)NCC3=C[I-]N=c4ccc(-n5cc(F)c(N6CCC6)n5)cc4=C3)cc21. The number of fused-ring (bicyclic) bond motifs is 2. The molecule has 1 fully saturated rings. The molecule has 40 heavy (non-hydrogen) atoms. The molecule has 8 nitrogen and oxygen atoms in total. The first-order valence-electron chi connectivity index (χ1n) is 13.4. The number of nitrogens with one attached hydrogen (secondary N) is 1. The molecule has 1 aromatic heterocycles. The minimum absolute atomic E-state index is 0.195. The molecule has 3 aromatic rings. The van der Waals surface area contributed by atoms with E-state index in [2.05, 4.69) is 20.6 Å². The van der Waals surface area contributed by atoms with E-state index in [1.165, 1.54) is 6.20 Å². The molecule has 0 bridgehead atoms. The summed E-state index contributed by atoms with van der Waals surface area (Å²) in [5, 5.41) is 19.2. The maximum absolute atomic E-state index is 14.5. The third-order valence-corrected chi connectivity index (χ3v) is 9.52. The predicted molar refractivity (Wildman–Crippen MR) is 144 cm³/mol. The Morgan fingerprint density at radius 2 is 2.12 bits per heavy atom. The molecule has 0 unspecified atom stereocenters. The van der Waals surface area contributed by atoms with Gasteiger partial charge in [0, 0.05) is 0 Å². The monoisotopic (exact) mass is 651 g/mol. The maximum atomic E-state index is 14.5. The van der Waals surface area contributed by atoms with Crippen LogP contribution in [-0.2, 0) is 16.8 Å². The number of halogens is 2. The minimum atomic E-state index is -0.659. The standard InChI is InChI=1S/C30H29FIN6O2/c1-30(19-33)8-2-11-40-18-22-5-4-21(14-25(22)30)29(39)34-16-20-12-23-13-24(6-7-27(23)35-32-15-20)38-17-26(31)28(36-38)37-9-3-10-37/h4-7,12-15,17H,2-3,8-11,16,18H2,1H3,(H,34,39)/q-1/t30-/m0/s1. The molecule has 2 aromatic carbocycles. The quantitative estimate of drug-likeness (QED) is 0.394. The number of aromatic nitrogens is 2. The van der Waals surface area contributed by atoms with Crippen LogP contribution < -0.4 is 42.3 Å². The summed E-state index contributed by atoms with van der Waals surface area (Å²) >= 11 is -0.586. The Bertz CT molecular complexity index is 1670. The van der Waals surface area contributed by atoms with Crippen molar-refractivity contribution in [3.8, 4) is 11.8 Å². The van der Waals surface area contributed by atoms with Gasteiger partial charge in [0.15, 0.2) is 0 Å². The molecule has 1 amide bonds. The first-order valence-corrected chi connectivity index (χ1v) is 15.6.